The first-order valence-corrected chi connectivity index (χ1v) is 10.2. The number of para-hydroxylation sites is 1. The molecular weight excluding hydrogens is 401 g/mol. The van der Waals surface area contributed by atoms with Crippen molar-refractivity contribution in [3.8, 4) is 0 Å². The minimum atomic E-state index is -0.554. The van der Waals surface area contributed by atoms with Gasteiger partial charge < -0.3 is 15.2 Å². The molecule has 1 unspecified atom stereocenters. The summed E-state index contributed by atoms with van der Waals surface area (Å²) in [5, 5.41) is 4.55. The first kappa shape index (κ1) is 18.7. The highest BCUT2D eigenvalue weighted by molar-refractivity contribution is 6.30. The first-order chi connectivity index (χ1) is 14.6. The molecule has 2 amide bonds. The van der Waals surface area contributed by atoms with Gasteiger partial charge in [-0.2, -0.15) is 0 Å². The number of halogens is 2. The van der Waals surface area contributed by atoms with Gasteiger partial charge in [0.15, 0.2) is 0 Å². The number of hydrogen-bond acceptors (Lipinski definition) is 1. The summed E-state index contributed by atoms with van der Waals surface area (Å²) < 4.78 is 14.9. The predicted octanol–water partition coefficient (Wildman–Crippen LogP) is 6.14. The van der Waals surface area contributed by atoms with Crippen LogP contribution in [0.4, 0.5) is 14.9 Å². The highest BCUT2D eigenvalue weighted by Crippen LogP contribution is 2.39. The summed E-state index contributed by atoms with van der Waals surface area (Å²) in [4.78, 5) is 18.4. The van der Waals surface area contributed by atoms with Gasteiger partial charge in [0.25, 0.3) is 0 Å². The van der Waals surface area contributed by atoms with Crippen molar-refractivity contribution in [3.63, 3.8) is 0 Å². The minimum Gasteiger partial charge on any atom is -0.356 e. The molecule has 150 valence electrons. The van der Waals surface area contributed by atoms with Gasteiger partial charge in [0.2, 0.25) is 0 Å². The Hall–Kier alpha value is -3.31. The number of carbonyl (C=O) groups excluding carboxylic acids is 1. The molecule has 3 aromatic carbocycles. The van der Waals surface area contributed by atoms with Gasteiger partial charge in [-0.15, -0.1) is 0 Å². The molecule has 0 radical (unpaired) electrons. The third kappa shape index (κ3) is 3.21. The Bertz CT molecular complexity index is 1250. The molecule has 6 heteroatoms. The summed E-state index contributed by atoms with van der Waals surface area (Å²) in [6.07, 6.45) is 0.688. The number of urea groups is 1. The summed E-state index contributed by atoms with van der Waals surface area (Å²) in [7, 11) is 0. The number of rotatable bonds is 2. The zero-order valence-corrected chi connectivity index (χ0v) is 16.8. The molecule has 2 N–H and O–H groups in total. The molecule has 0 spiro atoms. The van der Waals surface area contributed by atoms with Crippen molar-refractivity contribution >= 4 is 34.2 Å². The van der Waals surface area contributed by atoms with Crippen molar-refractivity contribution in [2.24, 2.45) is 0 Å². The molecule has 0 bridgehead atoms. The number of anilines is 1. The molecule has 5 rings (SSSR count). The van der Waals surface area contributed by atoms with Crippen LogP contribution < -0.4 is 5.32 Å². The van der Waals surface area contributed by atoms with Crippen molar-refractivity contribution in [1.29, 1.82) is 0 Å². The van der Waals surface area contributed by atoms with E-state index >= 15 is 0 Å². The van der Waals surface area contributed by atoms with Crippen LogP contribution in [0, 0.1) is 5.82 Å². The van der Waals surface area contributed by atoms with E-state index in [4.69, 9.17) is 11.6 Å². The van der Waals surface area contributed by atoms with E-state index in [1.165, 1.54) is 6.07 Å². The number of aromatic nitrogens is 1. The molecule has 1 aromatic heterocycles. The number of hydrogen-bond donors (Lipinski definition) is 2. The predicted molar refractivity (Wildman–Crippen MR) is 117 cm³/mol. The van der Waals surface area contributed by atoms with Crippen molar-refractivity contribution in [2.75, 3.05) is 11.9 Å². The number of H-pyrrole nitrogens is 1. The molecule has 1 atom stereocenters. The standard InChI is InChI=1S/C24H19ClFN3O/c25-15-6-5-7-16(14-15)27-24(30)29-13-12-18-17-8-2-4-11-21(17)28-22(18)23(29)19-9-1-3-10-20(19)26/h1-11,14,23,28H,12-13H2,(H,27,30). The fourth-order valence-corrected chi connectivity index (χ4v) is 4.43. The Morgan fingerprint density at radius 3 is 2.70 bits per heavy atom. The van der Waals surface area contributed by atoms with Crippen molar-refractivity contribution in [2.45, 2.75) is 12.5 Å². The lowest BCUT2D eigenvalue weighted by Crippen LogP contribution is -2.43. The zero-order chi connectivity index (χ0) is 20.7. The lowest BCUT2D eigenvalue weighted by molar-refractivity contribution is 0.192. The summed E-state index contributed by atoms with van der Waals surface area (Å²) in [5.41, 5.74) is 4.04. The molecule has 1 aliphatic rings. The van der Waals surface area contributed by atoms with Crippen LogP contribution in [0.3, 0.4) is 0 Å². The van der Waals surface area contributed by atoms with Gasteiger partial charge >= 0.3 is 6.03 Å². The largest absolute Gasteiger partial charge is 0.356 e. The summed E-state index contributed by atoms with van der Waals surface area (Å²) in [6.45, 7) is 0.472. The number of nitrogens with one attached hydrogen (secondary N) is 2. The number of nitrogens with zero attached hydrogens (tertiary/aromatic N) is 1. The van der Waals surface area contributed by atoms with E-state index in [1.54, 1.807) is 47.4 Å². The summed E-state index contributed by atoms with van der Waals surface area (Å²) >= 11 is 6.05. The van der Waals surface area contributed by atoms with Gasteiger partial charge in [0.05, 0.1) is 0 Å². The average Bonchev–Trinajstić information content (AvgIpc) is 3.12. The average molecular weight is 420 g/mol. The normalized spacial score (nSPS) is 15.8. The second kappa shape index (κ2) is 7.50. The fourth-order valence-electron chi connectivity index (χ4n) is 4.24. The Morgan fingerprint density at radius 2 is 1.87 bits per heavy atom. The van der Waals surface area contributed by atoms with Gasteiger partial charge in [-0.3, -0.25) is 0 Å². The minimum absolute atomic E-state index is 0.296. The van der Waals surface area contributed by atoms with E-state index in [1.807, 2.05) is 18.2 Å². The highest BCUT2D eigenvalue weighted by atomic mass is 35.5. The van der Waals surface area contributed by atoms with Crippen molar-refractivity contribution < 1.29 is 9.18 Å². The van der Waals surface area contributed by atoms with Crippen LogP contribution in [0.5, 0.6) is 0 Å². The second-order valence-electron chi connectivity index (χ2n) is 7.37. The van der Waals surface area contributed by atoms with Crippen LogP contribution >= 0.6 is 11.6 Å². The van der Waals surface area contributed by atoms with Crippen LogP contribution in [0.25, 0.3) is 10.9 Å². The van der Waals surface area contributed by atoms with Gasteiger partial charge in [-0.25, -0.2) is 9.18 Å². The molecule has 0 fully saturated rings. The third-order valence-electron chi connectivity index (χ3n) is 5.57. The van der Waals surface area contributed by atoms with Gasteiger partial charge in [-0.1, -0.05) is 54.1 Å². The lowest BCUT2D eigenvalue weighted by atomic mass is 9.92. The monoisotopic (exact) mass is 419 g/mol. The number of amides is 2. The van der Waals surface area contributed by atoms with E-state index in [0.29, 0.717) is 29.2 Å². The topological polar surface area (TPSA) is 48.1 Å². The van der Waals surface area contributed by atoms with E-state index in [0.717, 1.165) is 22.2 Å². The van der Waals surface area contributed by atoms with Crippen LogP contribution in [0.15, 0.2) is 72.8 Å². The molecule has 30 heavy (non-hydrogen) atoms. The van der Waals surface area contributed by atoms with Crippen molar-refractivity contribution in [1.82, 2.24) is 9.88 Å². The van der Waals surface area contributed by atoms with E-state index in [9.17, 15) is 9.18 Å². The van der Waals surface area contributed by atoms with E-state index < -0.39 is 6.04 Å². The van der Waals surface area contributed by atoms with Gasteiger partial charge in [-0.05, 0) is 42.3 Å². The maximum absolute atomic E-state index is 14.9. The maximum Gasteiger partial charge on any atom is 0.322 e. The number of carbonyl (C=O) groups is 1. The third-order valence-corrected chi connectivity index (χ3v) is 5.81. The van der Waals surface area contributed by atoms with Crippen LogP contribution in [0.1, 0.15) is 22.9 Å². The first-order valence-electron chi connectivity index (χ1n) is 9.79. The summed E-state index contributed by atoms with van der Waals surface area (Å²) in [5.74, 6) is -0.338. The van der Waals surface area contributed by atoms with Crippen molar-refractivity contribution in [3.05, 3.63) is 100 Å². The molecule has 4 aromatic rings. The fraction of sp³-hybridized carbons (Fsp3) is 0.125. The molecule has 0 aliphatic carbocycles. The van der Waals surface area contributed by atoms with Crippen LogP contribution in [-0.4, -0.2) is 22.5 Å². The molecular formula is C24H19ClFN3O. The Kier molecular flexibility index (Phi) is 4.68. The summed E-state index contributed by atoms with van der Waals surface area (Å²) in [6, 6.07) is 20.8. The zero-order valence-electron chi connectivity index (χ0n) is 16.0. The van der Waals surface area contributed by atoms with Crippen LogP contribution in [0.2, 0.25) is 5.02 Å². The second-order valence-corrected chi connectivity index (χ2v) is 7.81. The van der Waals surface area contributed by atoms with E-state index in [2.05, 4.69) is 16.4 Å². The number of aromatic amines is 1. The molecule has 1 aliphatic heterocycles. The quantitative estimate of drug-likeness (QED) is 0.402. The highest BCUT2D eigenvalue weighted by Gasteiger charge is 2.35. The number of fused-ring (bicyclic) bond motifs is 3. The number of benzene rings is 3. The molecule has 2 heterocycles. The molecule has 4 nitrogen and oxygen atoms in total. The smallest absolute Gasteiger partial charge is 0.322 e. The van der Waals surface area contributed by atoms with Crippen LogP contribution in [-0.2, 0) is 6.42 Å². The van der Waals surface area contributed by atoms with Gasteiger partial charge in [0, 0.05) is 39.4 Å². The van der Waals surface area contributed by atoms with E-state index in [-0.39, 0.29) is 11.8 Å². The lowest BCUT2D eigenvalue weighted by Gasteiger charge is -2.36. The van der Waals surface area contributed by atoms with Gasteiger partial charge in [0.1, 0.15) is 11.9 Å². The Morgan fingerprint density at radius 1 is 1.07 bits per heavy atom. The molecule has 0 saturated carbocycles. The molecule has 0 saturated heterocycles. The SMILES string of the molecule is O=C(Nc1cccc(Cl)c1)N1CCc2c([nH]c3ccccc23)C1c1ccccc1F. The Balaban J connectivity index is 1.60. The Labute approximate surface area is 178 Å². The maximum atomic E-state index is 14.9.